The van der Waals surface area contributed by atoms with E-state index in [0.717, 1.165) is 12.0 Å². The van der Waals surface area contributed by atoms with Gasteiger partial charge >= 0.3 is 26.2 Å². The van der Waals surface area contributed by atoms with E-state index < -0.39 is 0 Å². The molecule has 0 N–H and O–H groups in total. The zero-order valence-corrected chi connectivity index (χ0v) is 21.3. The van der Waals surface area contributed by atoms with Crippen LogP contribution in [0.2, 0.25) is 0 Å². The van der Waals surface area contributed by atoms with Gasteiger partial charge in [0.05, 0.1) is 0 Å². The van der Waals surface area contributed by atoms with Crippen molar-refractivity contribution in [2.75, 3.05) is 0 Å². The zero-order valence-electron chi connectivity index (χ0n) is 17.4. The van der Waals surface area contributed by atoms with Crippen molar-refractivity contribution in [2.45, 2.75) is 6.42 Å². The molecule has 0 unspecified atom stereocenters. The molecule has 0 atom stereocenters. The number of hydrogen-bond acceptors (Lipinski definition) is 0. The molecular formula is C29H20Cl2Zr. The van der Waals surface area contributed by atoms with E-state index in [4.69, 9.17) is 0 Å². The quantitative estimate of drug-likeness (QED) is 0.251. The average molecular weight is 531 g/mol. The number of hydrogen-bond donors (Lipinski definition) is 0. The maximum atomic E-state index is 3.39. The monoisotopic (exact) mass is 528 g/mol. The Balaban J connectivity index is 0.000000211. The molecule has 4 aromatic carbocycles. The van der Waals surface area contributed by atoms with Crippen LogP contribution in [0.25, 0.3) is 29.4 Å². The van der Waals surface area contributed by atoms with Gasteiger partial charge in [-0.25, -0.2) is 0 Å². The summed E-state index contributed by atoms with van der Waals surface area (Å²) in [5.41, 5.74) is 7.87. The van der Waals surface area contributed by atoms with E-state index >= 15 is 0 Å². The molecule has 0 fully saturated rings. The van der Waals surface area contributed by atoms with E-state index in [9.17, 15) is 0 Å². The van der Waals surface area contributed by atoms with Crippen LogP contribution in [0.3, 0.4) is 0 Å². The van der Waals surface area contributed by atoms with Crippen LogP contribution in [-0.2, 0) is 32.6 Å². The van der Waals surface area contributed by atoms with Gasteiger partial charge in [0.15, 0.2) is 0 Å². The van der Waals surface area contributed by atoms with Gasteiger partial charge in [0.2, 0.25) is 0 Å². The number of rotatable bonds is 1. The molecule has 4 aromatic rings. The molecule has 0 aliphatic heterocycles. The van der Waals surface area contributed by atoms with Crippen molar-refractivity contribution >= 4 is 18.2 Å². The second kappa shape index (κ2) is 12.2. The minimum Gasteiger partial charge on any atom is -1.00 e. The van der Waals surface area contributed by atoms with Gasteiger partial charge in [0, 0.05) is 0 Å². The second-order valence-corrected chi connectivity index (χ2v) is 7.26. The third-order valence-electron chi connectivity index (χ3n) is 5.29. The Morgan fingerprint density at radius 1 is 0.688 bits per heavy atom. The fraction of sp³-hybridized carbons (Fsp3) is 0.0345. The second-order valence-electron chi connectivity index (χ2n) is 7.26. The molecular weight excluding hydrogens is 510 g/mol. The van der Waals surface area contributed by atoms with Crippen molar-refractivity contribution in [3.05, 3.63) is 136 Å². The molecule has 0 bridgehead atoms. The van der Waals surface area contributed by atoms with Crippen LogP contribution in [0.1, 0.15) is 16.7 Å². The first-order valence-electron chi connectivity index (χ1n) is 9.92. The molecule has 3 heteroatoms. The summed E-state index contributed by atoms with van der Waals surface area (Å²) in [6, 6.07) is 36.8. The molecule has 0 nitrogen and oxygen atoms in total. The van der Waals surface area contributed by atoms with Gasteiger partial charge in [-0.1, -0.05) is 89.5 Å². The number of halogens is 2. The maximum absolute atomic E-state index is 3.39. The fourth-order valence-corrected chi connectivity index (χ4v) is 3.90. The van der Waals surface area contributed by atoms with E-state index in [-0.39, 0.29) is 51.0 Å². The van der Waals surface area contributed by atoms with Gasteiger partial charge in [-0.05, 0) is 6.42 Å². The summed E-state index contributed by atoms with van der Waals surface area (Å²) in [5, 5.41) is 2.44. The first kappa shape index (κ1) is 26.1. The first-order chi connectivity index (χ1) is 14.4. The molecule has 2 aliphatic carbocycles. The van der Waals surface area contributed by atoms with Crippen molar-refractivity contribution in [3.63, 3.8) is 0 Å². The third-order valence-corrected chi connectivity index (χ3v) is 5.29. The summed E-state index contributed by atoms with van der Waals surface area (Å²) in [5.74, 6) is 0. The van der Waals surface area contributed by atoms with E-state index in [0.29, 0.717) is 0 Å². The predicted molar refractivity (Wildman–Crippen MR) is 122 cm³/mol. The molecule has 0 saturated heterocycles. The summed E-state index contributed by atoms with van der Waals surface area (Å²) < 4.78 is 0. The Morgan fingerprint density at radius 3 is 2.19 bits per heavy atom. The standard InChI is InChI=1S/C16H11.C13H9.2ClH.Zr/c1-2-6-13(7-3-1)10-14-11-15-8-4-5-9-16(15)12-14;1-3-7-12-10(5-1)9-11-6-2-4-8-13(11)12;;;/h1-11H;1-5,7-8H,9H2;2*1H;/q2*-1;;;+4/p-2. The fourth-order valence-electron chi connectivity index (χ4n) is 3.90. The predicted octanol–water partition coefficient (Wildman–Crippen LogP) is -0.715. The van der Waals surface area contributed by atoms with E-state index in [1.54, 1.807) is 0 Å². The number of allylic oxidation sites excluding steroid dienone is 1. The molecule has 6 rings (SSSR count). The van der Waals surface area contributed by atoms with Crippen LogP contribution in [0.4, 0.5) is 0 Å². The molecule has 0 saturated carbocycles. The molecule has 0 spiro atoms. The molecule has 2 aliphatic rings. The van der Waals surface area contributed by atoms with Gasteiger partial charge in [-0.15, -0.1) is 45.9 Å². The van der Waals surface area contributed by atoms with Gasteiger partial charge in [0.1, 0.15) is 0 Å². The summed E-state index contributed by atoms with van der Waals surface area (Å²) >= 11 is 0. The van der Waals surface area contributed by atoms with Gasteiger partial charge in [0.25, 0.3) is 0 Å². The van der Waals surface area contributed by atoms with Crippen LogP contribution in [0, 0.1) is 6.07 Å². The topological polar surface area (TPSA) is 0 Å². The van der Waals surface area contributed by atoms with Crippen molar-refractivity contribution in [2.24, 2.45) is 0 Å². The average Bonchev–Trinajstić information content (AvgIpc) is 3.35. The van der Waals surface area contributed by atoms with Crippen molar-refractivity contribution < 1.29 is 51.0 Å². The van der Waals surface area contributed by atoms with E-state index in [1.165, 1.54) is 38.3 Å². The Hall–Kier alpha value is -2.18. The Kier molecular flexibility index (Phi) is 9.92. The zero-order chi connectivity index (χ0) is 19.5. The molecule has 0 aromatic heterocycles. The number of benzene rings is 4. The Labute approximate surface area is 221 Å². The van der Waals surface area contributed by atoms with Crippen LogP contribution in [0.5, 0.6) is 0 Å². The van der Waals surface area contributed by atoms with Crippen LogP contribution >= 0.6 is 0 Å². The number of fused-ring (bicyclic) bond motifs is 4. The molecule has 154 valence electrons. The largest absolute Gasteiger partial charge is 4.00 e. The normalized spacial score (nSPS) is 12.7. The first-order valence-corrected chi connectivity index (χ1v) is 9.92. The van der Waals surface area contributed by atoms with Crippen LogP contribution in [-0.4, -0.2) is 0 Å². The molecule has 0 heterocycles. The van der Waals surface area contributed by atoms with Crippen molar-refractivity contribution in [3.8, 4) is 11.1 Å². The smallest absolute Gasteiger partial charge is 1.00 e. The Morgan fingerprint density at radius 2 is 1.38 bits per heavy atom. The van der Waals surface area contributed by atoms with Gasteiger partial charge in [-0.2, -0.15) is 29.8 Å². The van der Waals surface area contributed by atoms with Gasteiger partial charge < -0.3 is 24.8 Å². The van der Waals surface area contributed by atoms with E-state index in [1.807, 2.05) is 18.2 Å². The molecule has 0 radical (unpaired) electrons. The summed E-state index contributed by atoms with van der Waals surface area (Å²) in [6.07, 6.45) is 8.76. The minimum absolute atomic E-state index is 0. The maximum Gasteiger partial charge on any atom is 4.00 e. The third kappa shape index (κ3) is 5.79. The molecule has 0 amide bonds. The van der Waals surface area contributed by atoms with Crippen molar-refractivity contribution in [1.82, 2.24) is 0 Å². The van der Waals surface area contributed by atoms with Gasteiger partial charge in [-0.3, -0.25) is 0 Å². The van der Waals surface area contributed by atoms with Crippen LogP contribution in [0.15, 0.2) is 103 Å². The summed E-state index contributed by atoms with van der Waals surface area (Å²) in [4.78, 5) is 0. The van der Waals surface area contributed by atoms with E-state index in [2.05, 4.69) is 103 Å². The van der Waals surface area contributed by atoms with Crippen LogP contribution < -0.4 is 35.3 Å². The SMILES string of the molecule is [C-]1=c2ccccc2=CC1=Cc1ccccc1.[Cl-].[Cl-].[Zr+4].[c-]1cccc2c1Cc1ccccc1-2. The minimum atomic E-state index is 0. The van der Waals surface area contributed by atoms with Crippen molar-refractivity contribution in [1.29, 1.82) is 0 Å². The molecule has 32 heavy (non-hydrogen) atoms. The summed E-state index contributed by atoms with van der Waals surface area (Å²) in [7, 11) is 0. The summed E-state index contributed by atoms with van der Waals surface area (Å²) in [6.45, 7) is 0. The Bertz CT molecular complexity index is 1240.